The van der Waals surface area contributed by atoms with E-state index in [9.17, 15) is 9.00 Å². The van der Waals surface area contributed by atoms with Gasteiger partial charge < -0.3 is 5.32 Å². The van der Waals surface area contributed by atoms with Crippen LogP contribution in [0, 0.1) is 0 Å². The maximum absolute atomic E-state index is 11.7. The van der Waals surface area contributed by atoms with Crippen LogP contribution in [0.3, 0.4) is 0 Å². The highest BCUT2D eigenvalue weighted by Gasteiger charge is 2.11. The number of hydrogen-bond donors (Lipinski definition) is 2. The normalized spacial score (nSPS) is 12.3. The molecule has 0 aromatic carbocycles. The van der Waals surface area contributed by atoms with E-state index >= 15 is 0 Å². The molecule has 0 spiro atoms. The Morgan fingerprint density at radius 3 is 3.11 bits per heavy atom. The van der Waals surface area contributed by atoms with E-state index in [1.807, 2.05) is 17.5 Å². The molecule has 0 saturated heterocycles. The first-order chi connectivity index (χ1) is 8.66. The van der Waals surface area contributed by atoms with Crippen molar-refractivity contribution in [2.45, 2.75) is 0 Å². The van der Waals surface area contributed by atoms with E-state index in [4.69, 9.17) is 0 Å². The minimum absolute atomic E-state index is 0.250. The van der Waals surface area contributed by atoms with E-state index in [-0.39, 0.29) is 5.91 Å². The molecule has 2 rings (SSSR count). The number of hydrogen-bond acceptors (Lipinski definition) is 4. The molecule has 0 aliphatic carbocycles. The van der Waals surface area contributed by atoms with Crippen molar-refractivity contribution < 1.29 is 9.00 Å². The Labute approximate surface area is 111 Å². The molecular weight excluding hydrogens is 270 g/mol. The van der Waals surface area contributed by atoms with Crippen LogP contribution in [0.2, 0.25) is 0 Å². The van der Waals surface area contributed by atoms with Gasteiger partial charge >= 0.3 is 0 Å². The second-order valence-electron chi connectivity index (χ2n) is 3.68. The van der Waals surface area contributed by atoms with Crippen LogP contribution in [-0.2, 0) is 10.8 Å². The number of H-pyrrole nitrogens is 1. The summed E-state index contributed by atoms with van der Waals surface area (Å²) in [7, 11) is -0.899. The third-order valence-corrected chi connectivity index (χ3v) is 3.95. The molecule has 1 amide bonds. The predicted molar refractivity (Wildman–Crippen MR) is 73.2 cm³/mol. The molecule has 2 aromatic heterocycles. The van der Waals surface area contributed by atoms with Gasteiger partial charge in [0, 0.05) is 29.4 Å². The van der Waals surface area contributed by atoms with E-state index in [1.165, 1.54) is 0 Å². The average Bonchev–Trinajstić information content (AvgIpc) is 2.99. The average molecular weight is 283 g/mol. The van der Waals surface area contributed by atoms with Crippen LogP contribution in [0.25, 0.3) is 10.6 Å². The molecule has 5 nitrogen and oxygen atoms in total. The van der Waals surface area contributed by atoms with E-state index in [0.29, 0.717) is 18.0 Å². The fourth-order valence-electron chi connectivity index (χ4n) is 1.39. The van der Waals surface area contributed by atoms with Crippen LogP contribution in [0.1, 0.15) is 10.5 Å². The summed E-state index contributed by atoms with van der Waals surface area (Å²) in [5.74, 6) is 0.202. The number of carbonyl (C=O) groups is 1. The monoisotopic (exact) mass is 283 g/mol. The van der Waals surface area contributed by atoms with Gasteiger partial charge in [-0.25, -0.2) is 0 Å². The Balaban J connectivity index is 1.97. The van der Waals surface area contributed by atoms with Crippen LogP contribution in [0.4, 0.5) is 0 Å². The van der Waals surface area contributed by atoms with Gasteiger partial charge in [-0.15, -0.1) is 11.3 Å². The summed E-state index contributed by atoms with van der Waals surface area (Å²) < 4.78 is 10.9. The van der Waals surface area contributed by atoms with Crippen molar-refractivity contribution in [2.75, 3.05) is 18.6 Å². The van der Waals surface area contributed by atoms with Crippen molar-refractivity contribution in [1.29, 1.82) is 0 Å². The molecule has 2 N–H and O–H groups in total. The third kappa shape index (κ3) is 3.27. The number of nitrogens with one attached hydrogen (secondary N) is 2. The summed E-state index contributed by atoms with van der Waals surface area (Å²) in [4.78, 5) is 12.8. The third-order valence-electron chi connectivity index (χ3n) is 2.27. The van der Waals surface area contributed by atoms with Gasteiger partial charge in [-0.2, -0.15) is 5.10 Å². The van der Waals surface area contributed by atoms with Crippen molar-refractivity contribution in [3.63, 3.8) is 0 Å². The molecule has 18 heavy (non-hydrogen) atoms. The molecule has 1 atom stereocenters. The summed E-state index contributed by atoms with van der Waals surface area (Å²) in [5, 5.41) is 11.4. The zero-order valence-electron chi connectivity index (χ0n) is 9.80. The van der Waals surface area contributed by atoms with E-state index in [1.54, 1.807) is 23.7 Å². The van der Waals surface area contributed by atoms with E-state index in [0.717, 1.165) is 10.6 Å². The van der Waals surface area contributed by atoms with Gasteiger partial charge in [0.05, 0.1) is 10.6 Å². The highest BCUT2D eigenvalue weighted by molar-refractivity contribution is 7.84. The van der Waals surface area contributed by atoms with Crippen molar-refractivity contribution in [3.8, 4) is 10.6 Å². The van der Waals surface area contributed by atoms with Gasteiger partial charge in [0.2, 0.25) is 0 Å². The zero-order chi connectivity index (χ0) is 13.0. The molecule has 0 radical (unpaired) electrons. The van der Waals surface area contributed by atoms with Gasteiger partial charge in [-0.3, -0.25) is 14.1 Å². The molecule has 7 heteroatoms. The maximum atomic E-state index is 11.7. The van der Waals surface area contributed by atoms with Crippen molar-refractivity contribution in [3.05, 3.63) is 29.3 Å². The van der Waals surface area contributed by atoms with Crippen LogP contribution in [0.5, 0.6) is 0 Å². The minimum atomic E-state index is -0.899. The lowest BCUT2D eigenvalue weighted by Gasteiger charge is -2.00. The van der Waals surface area contributed by atoms with Gasteiger partial charge in [0.15, 0.2) is 5.69 Å². The Morgan fingerprint density at radius 2 is 2.44 bits per heavy atom. The van der Waals surface area contributed by atoms with Gasteiger partial charge in [-0.1, -0.05) is 6.07 Å². The van der Waals surface area contributed by atoms with Crippen LogP contribution in [0.15, 0.2) is 23.6 Å². The van der Waals surface area contributed by atoms with Gasteiger partial charge in [0.25, 0.3) is 5.91 Å². The number of thiophene rings is 1. The molecule has 0 saturated carbocycles. The Kier molecular flexibility index (Phi) is 4.27. The number of aromatic amines is 1. The second kappa shape index (κ2) is 5.92. The number of aromatic nitrogens is 2. The maximum Gasteiger partial charge on any atom is 0.271 e. The summed E-state index contributed by atoms with van der Waals surface area (Å²) in [6, 6.07) is 5.61. The van der Waals surface area contributed by atoms with Crippen molar-refractivity contribution in [1.82, 2.24) is 15.5 Å². The van der Waals surface area contributed by atoms with Crippen LogP contribution < -0.4 is 5.32 Å². The Bertz CT molecular complexity index is 548. The fraction of sp³-hybridized carbons (Fsp3) is 0.273. The first-order valence-corrected chi connectivity index (χ1v) is 7.95. The minimum Gasteiger partial charge on any atom is -0.350 e. The first-order valence-electron chi connectivity index (χ1n) is 5.34. The lowest BCUT2D eigenvalue weighted by atomic mass is 10.3. The number of rotatable bonds is 5. The SMILES string of the molecule is C[S@@](=O)CCNC(=O)c1cc(-c2cccs2)[nH]n1. The topological polar surface area (TPSA) is 74.8 Å². The van der Waals surface area contributed by atoms with Gasteiger partial charge in [-0.05, 0) is 17.5 Å². The lowest BCUT2D eigenvalue weighted by Crippen LogP contribution is -2.27. The quantitative estimate of drug-likeness (QED) is 0.867. The fourth-order valence-corrected chi connectivity index (χ4v) is 2.48. The largest absolute Gasteiger partial charge is 0.350 e. The summed E-state index contributed by atoms with van der Waals surface area (Å²) in [5.41, 5.74) is 1.18. The molecular formula is C11H13N3O2S2. The Morgan fingerprint density at radius 1 is 1.61 bits per heavy atom. The number of carbonyl (C=O) groups excluding carboxylic acids is 1. The molecule has 0 fully saturated rings. The molecule has 2 aromatic rings. The van der Waals surface area contributed by atoms with E-state index in [2.05, 4.69) is 15.5 Å². The van der Waals surface area contributed by atoms with Crippen molar-refractivity contribution in [2.24, 2.45) is 0 Å². The standard InChI is InChI=1S/C11H13N3O2S2/c1-18(16)6-4-12-11(15)9-7-8(13-14-9)10-3-2-5-17-10/h2-3,5,7H,4,6H2,1H3,(H,12,15)(H,13,14)/t18-/m1/s1. The predicted octanol–water partition coefficient (Wildman–Crippen LogP) is 1.25. The lowest BCUT2D eigenvalue weighted by molar-refractivity contribution is 0.0951. The summed E-state index contributed by atoms with van der Waals surface area (Å²) in [6.07, 6.45) is 1.61. The summed E-state index contributed by atoms with van der Waals surface area (Å²) in [6.45, 7) is 0.392. The van der Waals surface area contributed by atoms with Crippen LogP contribution in [-0.4, -0.2) is 38.9 Å². The molecule has 0 aliphatic heterocycles. The Hall–Kier alpha value is -1.47. The highest BCUT2D eigenvalue weighted by atomic mass is 32.2. The van der Waals surface area contributed by atoms with Crippen LogP contribution >= 0.6 is 11.3 Å². The second-order valence-corrected chi connectivity index (χ2v) is 6.18. The molecule has 0 bridgehead atoms. The van der Waals surface area contributed by atoms with Crippen molar-refractivity contribution >= 4 is 28.0 Å². The first kappa shape index (κ1) is 13.0. The zero-order valence-corrected chi connectivity index (χ0v) is 11.4. The van der Waals surface area contributed by atoms with Gasteiger partial charge in [0.1, 0.15) is 0 Å². The number of amides is 1. The molecule has 0 aliphatic rings. The summed E-state index contributed by atoms with van der Waals surface area (Å²) >= 11 is 1.58. The number of nitrogens with zero attached hydrogens (tertiary/aromatic N) is 1. The van der Waals surface area contributed by atoms with E-state index < -0.39 is 10.8 Å². The molecule has 96 valence electrons. The molecule has 2 heterocycles. The highest BCUT2D eigenvalue weighted by Crippen LogP contribution is 2.22. The smallest absolute Gasteiger partial charge is 0.271 e. The molecule has 0 unspecified atom stereocenters.